The highest BCUT2D eigenvalue weighted by atomic mass is 16.2. The first-order valence-electron chi connectivity index (χ1n) is 9.45. The Balaban J connectivity index is 2.21. The molecule has 24 heavy (non-hydrogen) atoms. The van der Waals surface area contributed by atoms with Crippen LogP contribution < -0.4 is 5.43 Å². The topological polar surface area (TPSA) is 41.5 Å². The number of carbonyl (C=O) groups excluding carboxylic acids is 1. The Hall–Kier alpha value is -1.64. The summed E-state index contributed by atoms with van der Waals surface area (Å²) in [7, 11) is 0. The van der Waals surface area contributed by atoms with Gasteiger partial charge in [-0.1, -0.05) is 64.0 Å². The Bertz CT molecular complexity index is 535. The average molecular weight is 331 g/mol. The molecule has 0 radical (unpaired) electrons. The molecule has 3 nitrogen and oxygen atoms in total. The molecule has 1 amide bonds. The van der Waals surface area contributed by atoms with Crippen molar-refractivity contribution in [2.45, 2.75) is 85.5 Å². The Morgan fingerprint density at radius 2 is 1.58 bits per heavy atom. The first-order chi connectivity index (χ1) is 11.5. The quantitative estimate of drug-likeness (QED) is 0.317. The molecule has 0 atom stereocenters. The highest BCUT2D eigenvalue weighted by molar-refractivity contribution is 5.99. The lowest BCUT2D eigenvalue weighted by molar-refractivity contribution is -0.121. The minimum absolute atomic E-state index is 0.0177. The number of nitrogens with one attached hydrogen (secondary N) is 1. The van der Waals surface area contributed by atoms with Crippen LogP contribution in [0.2, 0.25) is 0 Å². The Morgan fingerprint density at radius 3 is 2.21 bits per heavy atom. The molecule has 1 N–H and O–H groups in total. The van der Waals surface area contributed by atoms with E-state index in [4.69, 9.17) is 0 Å². The van der Waals surface area contributed by atoms with Crippen LogP contribution >= 0.6 is 0 Å². The van der Waals surface area contributed by atoms with Crippen LogP contribution in [0.1, 0.15) is 88.3 Å². The van der Waals surface area contributed by atoms with Gasteiger partial charge in [0.05, 0.1) is 5.71 Å². The molecule has 1 aromatic carbocycles. The van der Waals surface area contributed by atoms with Gasteiger partial charge in [0.25, 0.3) is 0 Å². The number of hydrogen-bond donors (Lipinski definition) is 1. The number of carbonyl (C=O) groups is 1. The number of aryl methyl sites for hydroxylation is 2. The first kappa shape index (κ1) is 20.4. The third-order valence-electron chi connectivity index (χ3n) is 4.53. The lowest BCUT2D eigenvalue weighted by Crippen LogP contribution is -2.18. The zero-order chi connectivity index (χ0) is 17.8. The van der Waals surface area contributed by atoms with Crippen LogP contribution in [0.5, 0.6) is 0 Å². The van der Waals surface area contributed by atoms with Crippen LogP contribution in [0, 0.1) is 13.8 Å². The van der Waals surface area contributed by atoms with Crippen molar-refractivity contribution in [2.24, 2.45) is 5.10 Å². The van der Waals surface area contributed by atoms with E-state index in [1.54, 1.807) is 0 Å². The molecule has 1 aromatic rings. The van der Waals surface area contributed by atoms with Gasteiger partial charge in [-0.05, 0) is 49.9 Å². The lowest BCUT2D eigenvalue weighted by atomic mass is 10.0. The van der Waals surface area contributed by atoms with Gasteiger partial charge < -0.3 is 0 Å². The summed E-state index contributed by atoms with van der Waals surface area (Å²) < 4.78 is 0. The van der Waals surface area contributed by atoms with Gasteiger partial charge in [-0.15, -0.1) is 0 Å². The van der Waals surface area contributed by atoms with Crippen molar-refractivity contribution in [3.8, 4) is 0 Å². The normalized spacial score (nSPS) is 11.6. The van der Waals surface area contributed by atoms with Crippen molar-refractivity contribution in [3.63, 3.8) is 0 Å². The van der Waals surface area contributed by atoms with E-state index in [-0.39, 0.29) is 5.91 Å². The van der Waals surface area contributed by atoms with E-state index in [1.165, 1.54) is 49.7 Å². The van der Waals surface area contributed by atoms with E-state index in [9.17, 15) is 4.79 Å². The molecule has 0 aliphatic heterocycles. The molecule has 3 heteroatoms. The van der Waals surface area contributed by atoms with Crippen LogP contribution in [-0.4, -0.2) is 11.6 Å². The maximum Gasteiger partial charge on any atom is 0.240 e. The molecule has 0 fully saturated rings. The standard InChI is InChI=1S/C21H34N2O/c1-5-6-7-8-9-10-11-12-13-21(24)23-22-19(4)20-15-14-17(2)18(3)16-20/h14-16H,5-13H2,1-4H3,(H,23,24). The third kappa shape index (κ3) is 8.28. The van der Waals surface area contributed by atoms with E-state index in [2.05, 4.69) is 43.4 Å². The zero-order valence-corrected chi connectivity index (χ0v) is 16.0. The molecule has 0 saturated carbocycles. The van der Waals surface area contributed by atoms with Gasteiger partial charge in [0.1, 0.15) is 0 Å². The molecule has 0 unspecified atom stereocenters. The summed E-state index contributed by atoms with van der Waals surface area (Å²) in [5, 5.41) is 4.23. The molecular formula is C21H34N2O. The minimum atomic E-state index is 0.0177. The molecular weight excluding hydrogens is 296 g/mol. The Labute approximate surface area is 147 Å². The second-order valence-electron chi connectivity index (χ2n) is 6.76. The Kier molecular flexibility index (Phi) is 10.1. The van der Waals surface area contributed by atoms with Crippen molar-refractivity contribution < 1.29 is 4.79 Å². The van der Waals surface area contributed by atoms with Crippen LogP contribution in [0.15, 0.2) is 23.3 Å². The maximum absolute atomic E-state index is 11.9. The summed E-state index contributed by atoms with van der Waals surface area (Å²) in [6.45, 7) is 8.35. The molecule has 0 aromatic heterocycles. The van der Waals surface area contributed by atoms with E-state index in [0.29, 0.717) is 6.42 Å². The van der Waals surface area contributed by atoms with Crippen molar-refractivity contribution in [1.29, 1.82) is 0 Å². The number of amides is 1. The fourth-order valence-electron chi connectivity index (χ4n) is 2.65. The van der Waals surface area contributed by atoms with Gasteiger partial charge in [0.15, 0.2) is 0 Å². The number of hydrazone groups is 1. The van der Waals surface area contributed by atoms with Crippen LogP contribution in [-0.2, 0) is 4.79 Å². The van der Waals surface area contributed by atoms with E-state index in [1.807, 2.05) is 13.0 Å². The minimum Gasteiger partial charge on any atom is -0.273 e. The summed E-state index contributed by atoms with van der Waals surface area (Å²) in [4.78, 5) is 11.9. The first-order valence-corrected chi connectivity index (χ1v) is 9.45. The van der Waals surface area contributed by atoms with Crippen molar-refractivity contribution in [1.82, 2.24) is 5.43 Å². The molecule has 134 valence electrons. The molecule has 0 spiro atoms. The predicted octanol–water partition coefficient (Wildman–Crippen LogP) is 5.67. The smallest absolute Gasteiger partial charge is 0.240 e. The average Bonchev–Trinajstić information content (AvgIpc) is 2.57. The van der Waals surface area contributed by atoms with Crippen LogP contribution in [0.25, 0.3) is 0 Å². The molecule has 0 aliphatic carbocycles. The van der Waals surface area contributed by atoms with Gasteiger partial charge in [0.2, 0.25) is 5.91 Å². The molecule has 0 bridgehead atoms. The number of hydrogen-bond acceptors (Lipinski definition) is 2. The summed E-state index contributed by atoms with van der Waals surface area (Å²) in [6, 6.07) is 6.25. The van der Waals surface area contributed by atoms with E-state index < -0.39 is 0 Å². The highest BCUT2D eigenvalue weighted by Crippen LogP contribution is 2.11. The molecule has 1 rings (SSSR count). The van der Waals surface area contributed by atoms with Gasteiger partial charge in [-0.2, -0.15) is 5.10 Å². The monoisotopic (exact) mass is 330 g/mol. The number of rotatable bonds is 11. The van der Waals surface area contributed by atoms with Crippen LogP contribution in [0.3, 0.4) is 0 Å². The predicted molar refractivity (Wildman–Crippen MR) is 103 cm³/mol. The van der Waals surface area contributed by atoms with Crippen molar-refractivity contribution >= 4 is 11.6 Å². The van der Waals surface area contributed by atoms with Gasteiger partial charge >= 0.3 is 0 Å². The number of nitrogens with zero attached hydrogens (tertiary/aromatic N) is 1. The third-order valence-corrected chi connectivity index (χ3v) is 4.53. The van der Waals surface area contributed by atoms with E-state index >= 15 is 0 Å². The van der Waals surface area contributed by atoms with E-state index in [0.717, 1.165) is 24.1 Å². The summed E-state index contributed by atoms with van der Waals surface area (Å²) in [5.74, 6) is 0.0177. The lowest BCUT2D eigenvalue weighted by Gasteiger charge is -2.06. The number of benzene rings is 1. The van der Waals surface area contributed by atoms with Crippen molar-refractivity contribution in [3.05, 3.63) is 34.9 Å². The number of unbranched alkanes of at least 4 members (excludes halogenated alkanes) is 7. The fraction of sp³-hybridized carbons (Fsp3) is 0.619. The summed E-state index contributed by atoms with van der Waals surface area (Å²) in [6.07, 6.45) is 10.5. The Morgan fingerprint density at radius 1 is 0.958 bits per heavy atom. The van der Waals surface area contributed by atoms with Gasteiger partial charge in [0, 0.05) is 6.42 Å². The second kappa shape index (κ2) is 11.8. The molecule has 0 aliphatic rings. The van der Waals surface area contributed by atoms with Crippen LogP contribution in [0.4, 0.5) is 0 Å². The molecule has 0 heterocycles. The van der Waals surface area contributed by atoms with Gasteiger partial charge in [-0.3, -0.25) is 4.79 Å². The summed E-state index contributed by atoms with van der Waals surface area (Å²) in [5.41, 5.74) is 7.10. The van der Waals surface area contributed by atoms with Gasteiger partial charge in [-0.25, -0.2) is 5.43 Å². The molecule has 0 saturated heterocycles. The SMILES string of the molecule is CCCCCCCCCCC(=O)NN=C(C)c1ccc(C)c(C)c1. The fourth-order valence-corrected chi connectivity index (χ4v) is 2.65. The maximum atomic E-state index is 11.9. The highest BCUT2D eigenvalue weighted by Gasteiger charge is 2.03. The largest absolute Gasteiger partial charge is 0.273 e. The summed E-state index contributed by atoms with van der Waals surface area (Å²) >= 11 is 0. The zero-order valence-electron chi connectivity index (χ0n) is 16.0. The second-order valence-corrected chi connectivity index (χ2v) is 6.76. The van der Waals surface area contributed by atoms with Crippen molar-refractivity contribution in [2.75, 3.05) is 0 Å².